The molecule has 3 aliphatic heterocycles. The van der Waals surface area contributed by atoms with Gasteiger partial charge in [0, 0.05) is 40.8 Å². The van der Waals surface area contributed by atoms with Crippen molar-refractivity contribution in [3.05, 3.63) is 81.1 Å². The van der Waals surface area contributed by atoms with Crippen LogP contribution in [0, 0.1) is 0 Å². The summed E-state index contributed by atoms with van der Waals surface area (Å²) in [5, 5.41) is 10.9. The number of hydrogen-bond acceptors (Lipinski definition) is 6. The lowest BCUT2D eigenvalue weighted by atomic mass is 9.93. The maximum absolute atomic E-state index is 14.1. The molecule has 0 unspecified atom stereocenters. The van der Waals surface area contributed by atoms with Gasteiger partial charge in [-0.25, -0.2) is 4.68 Å². The molecule has 4 heterocycles. The van der Waals surface area contributed by atoms with Gasteiger partial charge in [0.2, 0.25) is 5.43 Å². The summed E-state index contributed by atoms with van der Waals surface area (Å²) >= 11 is 1.82. The van der Waals surface area contributed by atoms with Gasteiger partial charge in [0.25, 0.3) is 5.91 Å². The lowest BCUT2D eigenvalue weighted by molar-refractivity contribution is 0.0444. The largest absolute Gasteiger partial charge is 0.502 e. The molecule has 2 fully saturated rings. The Hall–Kier alpha value is -3.23. The van der Waals surface area contributed by atoms with Gasteiger partial charge in [0.15, 0.2) is 11.4 Å². The zero-order valence-electron chi connectivity index (χ0n) is 20.5. The quantitative estimate of drug-likeness (QED) is 0.497. The summed E-state index contributed by atoms with van der Waals surface area (Å²) in [6.45, 7) is 1.23. The minimum atomic E-state index is -0.534. The highest BCUT2D eigenvalue weighted by Crippen LogP contribution is 2.49. The van der Waals surface area contributed by atoms with E-state index in [2.05, 4.69) is 35.8 Å². The number of amides is 1. The summed E-state index contributed by atoms with van der Waals surface area (Å²) in [4.78, 5) is 30.3. The summed E-state index contributed by atoms with van der Waals surface area (Å²) in [5.74, 6) is 0.0647. The molecule has 7 rings (SSSR count). The summed E-state index contributed by atoms with van der Waals surface area (Å²) < 4.78 is 7.51. The number of benzene rings is 2. The van der Waals surface area contributed by atoms with Crippen LogP contribution >= 0.6 is 11.8 Å². The van der Waals surface area contributed by atoms with E-state index in [9.17, 15) is 14.7 Å². The van der Waals surface area contributed by atoms with E-state index in [4.69, 9.17) is 4.74 Å². The van der Waals surface area contributed by atoms with Crippen LogP contribution in [0.4, 0.5) is 0 Å². The predicted molar refractivity (Wildman–Crippen MR) is 143 cm³/mol. The molecule has 1 amide bonds. The molecule has 4 aliphatic rings. The van der Waals surface area contributed by atoms with E-state index in [1.165, 1.54) is 22.1 Å². The van der Waals surface area contributed by atoms with Crippen LogP contribution in [0.15, 0.2) is 58.2 Å². The second-order valence-corrected chi connectivity index (χ2v) is 11.5. The summed E-state index contributed by atoms with van der Waals surface area (Å²) in [7, 11) is 0. The van der Waals surface area contributed by atoms with Crippen LogP contribution in [0.3, 0.4) is 0 Å². The van der Waals surface area contributed by atoms with Crippen LogP contribution in [0.1, 0.15) is 59.3 Å². The molecule has 7 nitrogen and oxygen atoms in total. The van der Waals surface area contributed by atoms with Gasteiger partial charge in [-0.2, -0.15) is 0 Å². The molecule has 0 radical (unpaired) electrons. The molecule has 37 heavy (non-hydrogen) atoms. The smallest absolute Gasteiger partial charge is 0.278 e. The molecular formula is C29H29N3O4S. The molecule has 190 valence electrons. The first-order chi connectivity index (χ1) is 18.1. The first-order valence-corrected chi connectivity index (χ1v) is 14.0. The standard InChI is InChI=1S/C29H29N3O4S/c33-23-16-22(20-7-3-6-19-17-37-24-8-2-1-5-18(24)15-21(19)20)32-26(27(23)34)28(35)31-25(30-32)9-14-36-13-4-10-29(31)11-12-29/h1-3,5-8,16,25,30,34H,4,9-15,17H2/t25-/m0/s1. The Bertz CT molecular complexity index is 1480. The van der Waals surface area contributed by atoms with Crippen LogP contribution in [-0.2, 0) is 16.9 Å². The second-order valence-electron chi connectivity index (χ2n) is 10.5. The van der Waals surface area contributed by atoms with E-state index in [0.29, 0.717) is 25.3 Å². The number of hydrogen-bond donors (Lipinski definition) is 2. The predicted octanol–water partition coefficient (Wildman–Crippen LogP) is 4.48. The Morgan fingerprint density at radius 1 is 1.03 bits per heavy atom. The molecule has 1 saturated carbocycles. The van der Waals surface area contributed by atoms with Crippen molar-refractivity contribution in [1.29, 1.82) is 0 Å². The first kappa shape index (κ1) is 22.9. The second kappa shape index (κ2) is 8.67. The minimum Gasteiger partial charge on any atom is -0.502 e. The molecule has 1 aliphatic carbocycles. The van der Waals surface area contributed by atoms with E-state index in [-0.39, 0.29) is 23.3 Å². The number of nitrogens with zero attached hydrogens (tertiary/aromatic N) is 2. The highest BCUT2D eigenvalue weighted by atomic mass is 32.2. The molecule has 8 heteroatoms. The number of rotatable bonds is 1. The number of carbonyl (C=O) groups is 1. The van der Waals surface area contributed by atoms with Crippen LogP contribution in [-0.4, -0.2) is 45.5 Å². The van der Waals surface area contributed by atoms with Gasteiger partial charge >= 0.3 is 0 Å². The molecule has 2 N–H and O–H groups in total. The van der Waals surface area contributed by atoms with Gasteiger partial charge in [-0.1, -0.05) is 36.4 Å². The zero-order chi connectivity index (χ0) is 25.1. The molecule has 0 bridgehead atoms. The maximum atomic E-state index is 14.1. The van der Waals surface area contributed by atoms with E-state index >= 15 is 0 Å². The van der Waals surface area contributed by atoms with Crippen molar-refractivity contribution in [2.24, 2.45) is 0 Å². The van der Waals surface area contributed by atoms with Gasteiger partial charge in [-0.3, -0.25) is 9.59 Å². The van der Waals surface area contributed by atoms with Crippen molar-refractivity contribution in [1.82, 2.24) is 9.58 Å². The van der Waals surface area contributed by atoms with Crippen LogP contribution in [0.25, 0.3) is 11.3 Å². The summed E-state index contributed by atoms with van der Waals surface area (Å²) in [6, 6.07) is 16.1. The number of nitrogens with one attached hydrogen (secondary N) is 1. The number of carbonyl (C=O) groups excluding carboxylic acids is 1. The van der Waals surface area contributed by atoms with Gasteiger partial charge in [-0.05, 0) is 54.9 Å². The van der Waals surface area contributed by atoms with Crippen molar-refractivity contribution in [2.75, 3.05) is 18.6 Å². The molecule has 1 aromatic heterocycles. The number of aromatic hydroxyl groups is 1. The molecule has 1 atom stereocenters. The summed E-state index contributed by atoms with van der Waals surface area (Å²) in [5.41, 5.74) is 7.93. The van der Waals surface area contributed by atoms with Crippen molar-refractivity contribution in [3.8, 4) is 17.0 Å². The Morgan fingerprint density at radius 3 is 2.73 bits per heavy atom. The zero-order valence-corrected chi connectivity index (χ0v) is 21.4. The first-order valence-electron chi connectivity index (χ1n) is 13.0. The van der Waals surface area contributed by atoms with Crippen molar-refractivity contribution in [2.45, 2.75) is 60.9 Å². The van der Waals surface area contributed by atoms with Gasteiger partial charge in [0.05, 0.1) is 12.3 Å². The normalized spacial score (nSPS) is 21.8. The van der Waals surface area contributed by atoms with Crippen LogP contribution in [0.5, 0.6) is 5.75 Å². The van der Waals surface area contributed by atoms with E-state index in [1.807, 2.05) is 28.8 Å². The number of pyridine rings is 1. The Kier molecular flexibility index (Phi) is 5.37. The number of aromatic nitrogens is 1. The Labute approximate surface area is 219 Å². The highest BCUT2D eigenvalue weighted by Gasteiger charge is 2.55. The van der Waals surface area contributed by atoms with Crippen LogP contribution < -0.4 is 10.9 Å². The van der Waals surface area contributed by atoms with Gasteiger partial charge in [0.1, 0.15) is 6.17 Å². The average molecular weight is 516 g/mol. The molecule has 1 spiro atoms. The number of fused-ring (bicyclic) bond motifs is 5. The monoisotopic (exact) mass is 515 g/mol. The lowest BCUT2D eigenvalue weighted by Gasteiger charge is -2.44. The highest BCUT2D eigenvalue weighted by molar-refractivity contribution is 7.98. The lowest BCUT2D eigenvalue weighted by Crippen LogP contribution is -2.59. The van der Waals surface area contributed by atoms with Crippen LogP contribution in [0.2, 0.25) is 0 Å². The Morgan fingerprint density at radius 2 is 1.86 bits per heavy atom. The summed E-state index contributed by atoms with van der Waals surface area (Å²) in [6.07, 6.45) is 4.72. The molecule has 1 saturated heterocycles. The maximum Gasteiger partial charge on any atom is 0.278 e. The number of ether oxygens (including phenoxy) is 1. The SMILES string of the molecule is O=C1c2c(O)c(=O)cc(-c3cccc4c3Cc3ccccc3SC4)n2N[C@@H]2CCOCCCC3(CC3)N12. The van der Waals surface area contributed by atoms with E-state index < -0.39 is 11.2 Å². The third-order valence-electron chi connectivity index (χ3n) is 8.28. The van der Waals surface area contributed by atoms with E-state index in [0.717, 1.165) is 49.0 Å². The van der Waals surface area contributed by atoms with Gasteiger partial charge < -0.3 is 20.2 Å². The molecule has 3 aromatic rings. The van der Waals surface area contributed by atoms with Gasteiger partial charge in [-0.15, -0.1) is 11.8 Å². The Balaban J connectivity index is 1.40. The van der Waals surface area contributed by atoms with Crippen molar-refractivity contribution >= 4 is 17.7 Å². The third kappa shape index (κ3) is 3.68. The number of thioether (sulfide) groups is 1. The van der Waals surface area contributed by atoms with Crippen molar-refractivity contribution < 1.29 is 14.6 Å². The fourth-order valence-corrected chi connectivity index (χ4v) is 7.32. The fourth-order valence-electron chi connectivity index (χ4n) is 6.24. The van der Waals surface area contributed by atoms with E-state index in [1.54, 1.807) is 4.68 Å². The molecule has 2 aromatic carbocycles. The van der Waals surface area contributed by atoms with Crippen molar-refractivity contribution in [3.63, 3.8) is 0 Å². The average Bonchev–Trinajstić information content (AvgIpc) is 3.69. The topological polar surface area (TPSA) is 83.8 Å². The fraction of sp³-hybridized carbons (Fsp3) is 0.379. The third-order valence-corrected chi connectivity index (χ3v) is 9.44. The minimum absolute atomic E-state index is 0.0335. The molecular weight excluding hydrogens is 486 g/mol.